The number of nitrogens with zero attached hydrogens (tertiary/aromatic N) is 3. The fourth-order valence-electron chi connectivity index (χ4n) is 2.05. The van der Waals surface area contributed by atoms with E-state index in [2.05, 4.69) is 29.0 Å². The summed E-state index contributed by atoms with van der Waals surface area (Å²) < 4.78 is 7.93. The van der Waals surface area contributed by atoms with E-state index in [1.165, 1.54) is 0 Å². The molecular weight excluding hydrogens is 260 g/mol. The van der Waals surface area contributed by atoms with Gasteiger partial charge in [0.1, 0.15) is 0 Å². The molecule has 6 heteroatoms. The summed E-state index contributed by atoms with van der Waals surface area (Å²) in [6, 6.07) is 4.00. The summed E-state index contributed by atoms with van der Waals surface area (Å²) in [5.41, 5.74) is 0.941. The zero-order valence-electron chi connectivity index (χ0n) is 11.3. The number of hydrogen-bond acceptors (Lipinski definition) is 4. The van der Waals surface area contributed by atoms with Gasteiger partial charge in [-0.3, -0.25) is 14.6 Å². The zero-order valence-corrected chi connectivity index (χ0v) is 12.1. The summed E-state index contributed by atoms with van der Waals surface area (Å²) in [5, 5.41) is 7.18. The van der Waals surface area contributed by atoms with Crippen molar-refractivity contribution < 1.29 is 4.74 Å². The molecule has 2 rings (SSSR count). The summed E-state index contributed by atoms with van der Waals surface area (Å²) >= 11 is 5.35. The molecule has 2 aromatic rings. The Hall–Kier alpha value is -1.53. The second-order valence-electron chi connectivity index (χ2n) is 4.73. The Kier molecular flexibility index (Phi) is 4.44. The van der Waals surface area contributed by atoms with E-state index in [-0.39, 0.29) is 6.04 Å². The first kappa shape index (κ1) is 13.9. The van der Waals surface area contributed by atoms with Crippen molar-refractivity contribution in [2.75, 3.05) is 13.7 Å². The average molecular weight is 278 g/mol. The molecule has 0 spiro atoms. The van der Waals surface area contributed by atoms with Crippen LogP contribution in [0.3, 0.4) is 0 Å². The van der Waals surface area contributed by atoms with Gasteiger partial charge in [0, 0.05) is 25.1 Å². The highest BCUT2D eigenvalue weighted by Gasteiger charge is 2.21. The first-order valence-electron chi connectivity index (χ1n) is 6.21. The number of nitrogens with one attached hydrogen (secondary N) is 1. The molecule has 2 aromatic heterocycles. The van der Waals surface area contributed by atoms with Crippen LogP contribution in [0.4, 0.5) is 0 Å². The van der Waals surface area contributed by atoms with Crippen LogP contribution in [-0.4, -0.2) is 33.5 Å². The molecule has 0 bridgehead atoms. The molecule has 5 nitrogen and oxygen atoms in total. The maximum atomic E-state index is 5.35. The van der Waals surface area contributed by atoms with E-state index in [1.807, 2.05) is 16.7 Å². The van der Waals surface area contributed by atoms with Gasteiger partial charge in [-0.2, -0.15) is 5.10 Å². The van der Waals surface area contributed by atoms with Crippen LogP contribution in [0.5, 0.6) is 0 Å². The standard InChI is InChI=1S/C13H18N4OS/c1-9(2)11(8-18-3)17-12(15-16-13(17)19)10-5-4-6-14-7-10/h4-7,9,11H,8H2,1-3H3,(H,16,19). The lowest BCUT2D eigenvalue weighted by Gasteiger charge is -2.22. The number of ether oxygens (including phenoxy) is 1. The summed E-state index contributed by atoms with van der Waals surface area (Å²) in [6.45, 7) is 4.88. The van der Waals surface area contributed by atoms with Crippen molar-refractivity contribution >= 4 is 12.2 Å². The highest BCUT2D eigenvalue weighted by Crippen LogP contribution is 2.25. The Bertz CT molecular complexity index is 576. The minimum Gasteiger partial charge on any atom is -0.383 e. The third-order valence-electron chi connectivity index (χ3n) is 3.06. The monoisotopic (exact) mass is 278 g/mol. The van der Waals surface area contributed by atoms with E-state index in [4.69, 9.17) is 17.0 Å². The van der Waals surface area contributed by atoms with Gasteiger partial charge < -0.3 is 4.74 Å². The third kappa shape index (κ3) is 2.90. The lowest BCUT2D eigenvalue weighted by atomic mass is 10.0. The Morgan fingerprint density at radius 2 is 2.26 bits per heavy atom. The molecule has 1 atom stereocenters. The van der Waals surface area contributed by atoms with Gasteiger partial charge in [0.2, 0.25) is 0 Å². The molecule has 19 heavy (non-hydrogen) atoms. The largest absolute Gasteiger partial charge is 0.383 e. The number of methoxy groups -OCH3 is 1. The summed E-state index contributed by atoms with van der Waals surface area (Å²) in [5.74, 6) is 1.19. The third-order valence-corrected chi connectivity index (χ3v) is 3.35. The Labute approximate surface area is 117 Å². The molecule has 0 saturated heterocycles. The minimum absolute atomic E-state index is 0.145. The fraction of sp³-hybridized carbons (Fsp3) is 0.462. The fourth-order valence-corrected chi connectivity index (χ4v) is 2.31. The molecular formula is C13H18N4OS. The number of H-pyrrole nitrogens is 1. The van der Waals surface area contributed by atoms with Gasteiger partial charge in [-0.15, -0.1) is 0 Å². The normalized spacial score (nSPS) is 12.8. The van der Waals surface area contributed by atoms with Crippen LogP contribution in [0.25, 0.3) is 11.4 Å². The first-order valence-corrected chi connectivity index (χ1v) is 6.62. The summed E-state index contributed by atoms with van der Waals surface area (Å²) in [4.78, 5) is 4.13. The molecule has 2 heterocycles. The SMILES string of the molecule is COCC(C(C)C)n1c(-c2cccnc2)n[nH]c1=S. The number of aromatic amines is 1. The van der Waals surface area contributed by atoms with Gasteiger partial charge in [-0.05, 0) is 30.3 Å². The van der Waals surface area contributed by atoms with Gasteiger partial charge in [0.05, 0.1) is 12.6 Å². The molecule has 0 amide bonds. The van der Waals surface area contributed by atoms with Gasteiger partial charge in [-0.25, -0.2) is 0 Å². The topological polar surface area (TPSA) is 55.7 Å². The van der Waals surface area contributed by atoms with E-state index in [9.17, 15) is 0 Å². The van der Waals surface area contributed by atoms with E-state index in [0.717, 1.165) is 11.4 Å². The quantitative estimate of drug-likeness (QED) is 0.854. The number of rotatable bonds is 5. The summed E-state index contributed by atoms with van der Waals surface area (Å²) in [7, 11) is 1.70. The van der Waals surface area contributed by atoms with Crippen LogP contribution >= 0.6 is 12.2 Å². The van der Waals surface area contributed by atoms with Crippen molar-refractivity contribution in [3.05, 3.63) is 29.3 Å². The van der Waals surface area contributed by atoms with Crippen molar-refractivity contribution in [2.24, 2.45) is 5.92 Å². The van der Waals surface area contributed by atoms with Crippen LogP contribution in [0.1, 0.15) is 19.9 Å². The Morgan fingerprint density at radius 3 is 2.84 bits per heavy atom. The first-order chi connectivity index (χ1) is 9.15. The zero-order chi connectivity index (χ0) is 13.8. The van der Waals surface area contributed by atoms with E-state index < -0.39 is 0 Å². The smallest absolute Gasteiger partial charge is 0.195 e. The van der Waals surface area contributed by atoms with Crippen molar-refractivity contribution in [3.63, 3.8) is 0 Å². The second kappa shape index (κ2) is 6.08. The highest BCUT2D eigenvalue weighted by atomic mass is 32.1. The predicted octanol–water partition coefficient (Wildman–Crippen LogP) is 2.85. The van der Waals surface area contributed by atoms with Crippen molar-refractivity contribution in [1.82, 2.24) is 19.7 Å². The van der Waals surface area contributed by atoms with Gasteiger partial charge in [0.25, 0.3) is 0 Å². The Balaban J connectivity index is 2.51. The molecule has 0 saturated carbocycles. The lowest BCUT2D eigenvalue weighted by molar-refractivity contribution is 0.133. The molecule has 0 fully saturated rings. The molecule has 0 aliphatic rings. The molecule has 1 unspecified atom stereocenters. The van der Waals surface area contributed by atoms with Crippen LogP contribution in [-0.2, 0) is 4.74 Å². The second-order valence-corrected chi connectivity index (χ2v) is 5.12. The molecule has 0 aromatic carbocycles. The van der Waals surface area contributed by atoms with Crippen molar-refractivity contribution in [3.8, 4) is 11.4 Å². The van der Waals surface area contributed by atoms with Crippen LogP contribution in [0, 0.1) is 10.7 Å². The number of pyridine rings is 1. The molecule has 102 valence electrons. The maximum absolute atomic E-state index is 5.35. The molecule has 1 N–H and O–H groups in total. The van der Waals surface area contributed by atoms with E-state index >= 15 is 0 Å². The van der Waals surface area contributed by atoms with Crippen LogP contribution in [0.2, 0.25) is 0 Å². The molecule has 0 aliphatic carbocycles. The van der Waals surface area contributed by atoms with Crippen molar-refractivity contribution in [2.45, 2.75) is 19.9 Å². The van der Waals surface area contributed by atoms with Gasteiger partial charge in [-0.1, -0.05) is 13.8 Å². The van der Waals surface area contributed by atoms with Crippen LogP contribution in [0.15, 0.2) is 24.5 Å². The Morgan fingerprint density at radius 1 is 1.47 bits per heavy atom. The highest BCUT2D eigenvalue weighted by molar-refractivity contribution is 7.71. The van der Waals surface area contributed by atoms with E-state index in [0.29, 0.717) is 17.3 Å². The van der Waals surface area contributed by atoms with E-state index in [1.54, 1.807) is 19.5 Å². The molecule has 0 radical (unpaired) electrons. The predicted molar refractivity (Wildman–Crippen MR) is 76.4 cm³/mol. The maximum Gasteiger partial charge on any atom is 0.195 e. The lowest BCUT2D eigenvalue weighted by Crippen LogP contribution is -2.21. The number of hydrogen-bond donors (Lipinski definition) is 1. The van der Waals surface area contributed by atoms with Crippen molar-refractivity contribution in [1.29, 1.82) is 0 Å². The van der Waals surface area contributed by atoms with Crippen LogP contribution < -0.4 is 0 Å². The van der Waals surface area contributed by atoms with Gasteiger partial charge >= 0.3 is 0 Å². The summed E-state index contributed by atoms with van der Waals surface area (Å²) in [6.07, 6.45) is 3.52. The molecule has 0 aliphatic heterocycles. The average Bonchev–Trinajstić information content (AvgIpc) is 2.78. The number of aromatic nitrogens is 4. The van der Waals surface area contributed by atoms with Gasteiger partial charge in [0.15, 0.2) is 10.6 Å². The minimum atomic E-state index is 0.145.